The molecule has 1 aliphatic heterocycles. The van der Waals surface area contributed by atoms with Crippen molar-refractivity contribution in [3.63, 3.8) is 0 Å². The van der Waals surface area contributed by atoms with Crippen LogP contribution in [0.3, 0.4) is 0 Å². The van der Waals surface area contributed by atoms with Crippen molar-refractivity contribution in [3.8, 4) is 0 Å². The van der Waals surface area contributed by atoms with Gasteiger partial charge in [0.15, 0.2) is 0 Å². The molecule has 140 valence electrons. The molecular weight excluding hydrogens is 339 g/mol. The van der Waals surface area contributed by atoms with E-state index in [1.54, 1.807) is 4.90 Å². The van der Waals surface area contributed by atoms with Crippen molar-refractivity contribution in [1.29, 1.82) is 0 Å². The SMILES string of the molecule is O=C(N[C@@H]1CC[C@H](C(=O)O)C1)C1CCCN(C(=O)c2ccc(F)cc2)C1. The zero-order valence-corrected chi connectivity index (χ0v) is 14.5. The van der Waals surface area contributed by atoms with Gasteiger partial charge in [0.25, 0.3) is 5.91 Å². The minimum atomic E-state index is -0.810. The van der Waals surface area contributed by atoms with Crippen LogP contribution in [0.25, 0.3) is 0 Å². The zero-order valence-electron chi connectivity index (χ0n) is 14.5. The number of carboxylic acid groups (broad SMARTS) is 1. The third-order valence-corrected chi connectivity index (χ3v) is 5.30. The Morgan fingerprint density at radius 3 is 2.46 bits per heavy atom. The van der Waals surface area contributed by atoms with Gasteiger partial charge >= 0.3 is 5.97 Å². The Morgan fingerprint density at radius 2 is 1.81 bits per heavy atom. The fraction of sp³-hybridized carbons (Fsp3) is 0.526. The molecule has 7 heteroatoms. The molecule has 1 saturated heterocycles. The van der Waals surface area contributed by atoms with Gasteiger partial charge < -0.3 is 15.3 Å². The molecule has 0 bridgehead atoms. The van der Waals surface area contributed by atoms with E-state index in [9.17, 15) is 18.8 Å². The van der Waals surface area contributed by atoms with Gasteiger partial charge in [-0.05, 0) is 56.4 Å². The van der Waals surface area contributed by atoms with E-state index in [0.29, 0.717) is 44.3 Å². The maximum absolute atomic E-state index is 13.0. The highest BCUT2D eigenvalue weighted by molar-refractivity contribution is 5.94. The lowest BCUT2D eigenvalue weighted by Gasteiger charge is -2.32. The molecule has 1 heterocycles. The summed E-state index contributed by atoms with van der Waals surface area (Å²) in [5.74, 6) is -2.20. The van der Waals surface area contributed by atoms with Gasteiger partial charge in [0, 0.05) is 24.7 Å². The van der Waals surface area contributed by atoms with E-state index in [2.05, 4.69) is 5.32 Å². The fourth-order valence-electron chi connectivity index (χ4n) is 3.81. The maximum Gasteiger partial charge on any atom is 0.306 e. The van der Waals surface area contributed by atoms with Gasteiger partial charge in [-0.3, -0.25) is 14.4 Å². The van der Waals surface area contributed by atoms with Crippen LogP contribution < -0.4 is 5.32 Å². The number of hydrogen-bond acceptors (Lipinski definition) is 3. The first kappa shape index (κ1) is 18.4. The molecule has 1 saturated carbocycles. The van der Waals surface area contributed by atoms with Crippen LogP contribution in [-0.2, 0) is 9.59 Å². The summed E-state index contributed by atoms with van der Waals surface area (Å²) in [5, 5.41) is 12.0. The molecule has 0 spiro atoms. The monoisotopic (exact) mass is 362 g/mol. The number of nitrogens with one attached hydrogen (secondary N) is 1. The molecule has 2 fully saturated rings. The number of aliphatic carboxylic acids is 1. The Labute approximate surface area is 151 Å². The molecule has 26 heavy (non-hydrogen) atoms. The summed E-state index contributed by atoms with van der Waals surface area (Å²) in [7, 11) is 0. The van der Waals surface area contributed by atoms with Gasteiger partial charge in [-0.25, -0.2) is 4.39 Å². The highest BCUT2D eigenvalue weighted by Gasteiger charge is 2.34. The van der Waals surface area contributed by atoms with Crippen molar-refractivity contribution in [3.05, 3.63) is 35.6 Å². The molecule has 2 aliphatic rings. The number of halogens is 1. The molecule has 0 aromatic heterocycles. The van der Waals surface area contributed by atoms with Crippen LogP contribution >= 0.6 is 0 Å². The molecule has 1 unspecified atom stereocenters. The van der Waals surface area contributed by atoms with Crippen LogP contribution in [-0.4, -0.2) is 46.9 Å². The predicted octanol–water partition coefficient (Wildman–Crippen LogP) is 2.05. The number of carboxylic acids is 1. The molecule has 2 N–H and O–H groups in total. The minimum absolute atomic E-state index is 0.105. The van der Waals surface area contributed by atoms with E-state index in [1.165, 1.54) is 24.3 Å². The number of hydrogen-bond donors (Lipinski definition) is 2. The molecule has 1 aromatic rings. The van der Waals surface area contributed by atoms with Gasteiger partial charge in [0.1, 0.15) is 5.82 Å². The van der Waals surface area contributed by atoms with Crippen molar-refractivity contribution in [2.45, 2.75) is 38.1 Å². The van der Waals surface area contributed by atoms with E-state index in [1.807, 2.05) is 0 Å². The van der Waals surface area contributed by atoms with Gasteiger partial charge in [0.2, 0.25) is 5.91 Å². The smallest absolute Gasteiger partial charge is 0.306 e. The summed E-state index contributed by atoms with van der Waals surface area (Å²) in [6, 6.07) is 5.30. The standard InChI is InChI=1S/C19H23FN2O4/c20-15-6-3-12(4-7-15)18(24)22-9-1-2-14(11-22)17(23)21-16-8-5-13(10-16)19(25)26/h3-4,6-7,13-14,16H,1-2,5,8-11H2,(H,21,23)(H,25,26)/t13-,14?,16+/m0/s1. The highest BCUT2D eigenvalue weighted by atomic mass is 19.1. The summed E-state index contributed by atoms with van der Waals surface area (Å²) in [6.07, 6.45) is 3.15. The van der Waals surface area contributed by atoms with Crippen LogP contribution in [0.15, 0.2) is 24.3 Å². The number of benzene rings is 1. The molecular formula is C19H23FN2O4. The second-order valence-corrected chi connectivity index (χ2v) is 7.15. The number of likely N-dealkylation sites (tertiary alicyclic amines) is 1. The van der Waals surface area contributed by atoms with E-state index in [-0.39, 0.29) is 29.7 Å². The number of nitrogens with zero attached hydrogens (tertiary/aromatic N) is 1. The van der Waals surface area contributed by atoms with Crippen LogP contribution in [0, 0.1) is 17.7 Å². The van der Waals surface area contributed by atoms with Crippen molar-refractivity contribution in [2.75, 3.05) is 13.1 Å². The largest absolute Gasteiger partial charge is 0.481 e. The Hall–Kier alpha value is -2.44. The third-order valence-electron chi connectivity index (χ3n) is 5.30. The van der Waals surface area contributed by atoms with Crippen LogP contribution in [0.5, 0.6) is 0 Å². The Morgan fingerprint density at radius 1 is 1.08 bits per heavy atom. The lowest BCUT2D eigenvalue weighted by molar-refractivity contribution is -0.141. The normalized spacial score (nSPS) is 25.7. The fourth-order valence-corrected chi connectivity index (χ4v) is 3.81. The zero-order chi connectivity index (χ0) is 18.7. The summed E-state index contributed by atoms with van der Waals surface area (Å²) >= 11 is 0. The molecule has 1 aromatic carbocycles. The number of piperidine rings is 1. The molecule has 3 atom stereocenters. The highest BCUT2D eigenvalue weighted by Crippen LogP contribution is 2.27. The van der Waals surface area contributed by atoms with Crippen molar-refractivity contribution in [2.24, 2.45) is 11.8 Å². The van der Waals surface area contributed by atoms with E-state index in [0.717, 1.165) is 6.42 Å². The average Bonchev–Trinajstić information content (AvgIpc) is 3.11. The topological polar surface area (TPSA) is 86.7 Å². The quantitative estimate of drug-likeness (QED) is 0.858. The van der Waals surface area contributed by atoms with E-state index in [4.69, 9.17) is 5.11 Å². The van der Waals surface area contributed by atoms with Crippen molar-refractivity contribution < 1.29 is 23.9 Å². The van der Waals surface area contributed by atoms with Crippen LogP contribution in [0.2, 0.25) is 0 Å². The Bertz CT molecular complexity index is 691. The summed E-state index contributed by atoms with van der Waals surface area (Å²) in [6.45, 7) is 0.904. The van der Waals surface area contributed by atoms with Crippen LogP contribution in [0.4, 0.5) is 4.39 Å². The summed E-state index contributed by atoms with van der Waals surface area (Å²) in [4.78, 5) is 37.7. The van der Waals surface area contributed by atoms with Crippen molar-refractivity contribution >= 4 is 17.8 Å². The van der Waals surface area contributed by atoms with Crippen molar-refractivity contribution in [1.82, 2.24) is 10.2 Å². The summed E-state index contributed by atoms with van der Waals surface area (Å²) in [5.41, 5.74) is 0.410. The third kappa shape index (κ3) is 4.20. The molecule has 2 amide bonds. The molecule has 0 radical (unpaired) electrons. The van der Waals surface area contributed by atoms with E-state index < -0.39 is 11.8 Å². The second kappa shape index (κ2) is 7.85. The lowest BCUT2D eigenvalue weighted by atomic mass is 9.96. The first-order valence-corrected chi connectivity index (χ1v) is 9.02. The Kier molecular flexibility index (Phi) is 5.54. The first-order chi connectivity index (χ1) is 12.4. The maximum atomic E-state index is 13.0. The number of carbonyl (C=O) groups excluding carboxylic acids is 2. The predicted molar refractivity (Wildman–Crippen MR) is 91.9 cm³/mol. The van der Waals surface area contributed by atoms with Gasteiger partial charge in [0.05, 0.1) is 11.8 Å². The minimum Gasteiger partial charge on any atom is -0.481 e. The van der Waals surface area contributed by atoms with Crippen LogP contribution in [0.1, 0.15) is 42.5 Å². The average molecular weight is 362 g/mol. The first-order valence-electron chi connectivity index (χ1n) is 9.02. The summed E-state index contributed by atoms with van der Waals surface area (Å²) < 4.78 is 13.0. The number of rotatable bonds is 4. The van der Waals surface area contributed by atoms with E-state index >= 15 is 0 Å². The second-order valence-electron chi connectivity index (χ2n) is 7.15. The number of carbonyl (C=O) groups is 3. The van der Waals surface area contributed by atoms with Gasteiger partial charge in [-0.2, -0.15) is 0 Å². The number of amides is 2. The van der Waals surface area contributed by atoms with Gasteiger partial charge in [-0.15, -0.1) is 0 Å². The molecule has 6 nitrogen and oxygen atoms in total. The Balaban J connectivity index is 1.56. The van der Waals surface area contributed by atoms with Gasteiger partial charge in [-0.1, -0.05) is 0 Å². The molecule has 1 aliphatic carbocycles. The molecule has 3 rings (SSSR count). The lowest BCUT2D eigenvalue weighted by Crippen LogP contribution is -2.47.